The maximum absolute atomic E-state index is 6.50. The molecule has 0 radical (unpaired) electrons. The molecule has 0 bridgehead atoms. The van der Waals surface area contributed by atoms with Gasteiger partial charge < -0.3 is 0 Å². The summed E-state index contributed by atoms with van der Waals surface area (Å²) in [5, 5.41) is 0.724. The Morgan fingerprint density at radius 1 is 0.944 bits per heavy atom. The molecule has 0 saturated carbocycles. The molecule has 5 heteroatoms. The van der Waals surface area contributed by atoms with Crippen LogP contribution in [0.3, 0.4) is 0 Å². The first-order chi connectivity index (χ1) is 8.50. The lowest BCUT2D eigenvalue weighted by Gasteiger charge is -2.15. The fraction of sp³-hybridized carbons (Fsp3) is 0.0769. The summed E-state index contributed by atoms with van der Waals surface area (Å²) in [4.78, 5) is 0. The predicted molar refractivity (Wildman–Crippen MR) is 86.0 cm³/mol. The minimum absolute atomic E-state index is 0.405. The third-order valence-electron chi connectivity index (χ3n) is 2.48. The molecule has 0 nitrogen and oxygen atoms in total. The van der Waals surface area contributed by atoms with Crippen LogP contribution in [-0.2, 0) is 0 Å². The van der Waals surface area contributed by atoms with Crippen molar-refractivity contribution in [1.82, 2.24) is 0 Å². The van der Waals surface area contributed by atoms with Gasteiger partial charge in [-0.3, -0.25) is 0 Å². The van der Waals surface area contributed by atoms with E-state index in [0.29, 0.717) is 10.0 Å². The average molecular weight is 429 g/mol. The lowest BCUT2D eigenvalue weighted by atomic mass is 10.0. The standard InChI is InChI=1S/C13H7Br2Cl3/c14-7-4-5-9(15)8(6-7)13(18)12-10(16)2-1-3-11(12)17/h1-6,13H. The molecule has 94 valence electrons. The monoisotopic (exact) mass is 426 g/mol. The smallest absolute Gasteiger partial charge is 0.0875 e. The van der Waals surface area contributed by atoms with E-state index in [2.05, 4.69) is 31.9 Å². The second-order valence-electron chi connectivity index (χ2n) is 3.66. The van der Waals surface area contributed by atoms with Crippen molar-refractivity contribution < 1.29 is 0 Å². The van der Waals surface area contributed by atoms with Crippen LogP contribution >= 0.6 is 66.7 Å². The molecule has 2 aromatic carbocycles. The summed E-state index contributed by atoms with van der Waals surface area (Å²) < 4.78 is 1.87. The second-order valence-corrected chi connectivity index (χ2v) is 6.68. The van der Waals surface area contributed by atoms with Crippen LogP contribution in [0.4, 0.5) is 0 Å². The molecule has 0 aliphatic carbocycles. The van der Waals surface area contributed by atoms with Crippen LogP contribution in [0.5, 0.6) is 0 Å². The topological polar surface area (TPSA) is 0 Å². The molecule has 1 unspecified atom stereocenters. The van der Waals surface area contributed by atoms with Crippen molar-refractivity contribution in [2.24, 2.45) is 0 Å². The first-order valence-electron chi connectivity index (χ1n) is 5.03. The third kappa shape index (κ3) is 3.05. The molecule has 1 atom stereocenters. The molecule has 0 fully saturated rings. The van der Waals surface area contributed by atoms with Crippen molar-refractivity contribution in [3.8, 4) is 0 Å². The molecule has 0 heterocycles. The maximum Gasteiger partial charge on any atom is 0.0875 e. The van der Waals surface area contributed by atoms with Gasteiger partial charge in [-0.1, -0.05) is 61.1 Å². The zero-order chi connectivity index (χ0) is 13.3. The molecule has 0 aliphatic heterocycles. The third-order valence-corrected chi connectivity index (χ3v) is 4.81. The highest BCUT2D eigenvalue weighted by molar-refractivity contribution is 9.11. The van der Waals surface area contributed by atoms with Gasteiger partial charge in [-0.15, -0.1) is 11.6 Å². The Bertz CT molecular complexity index is 564. The van der Waals surface area contributed by atoms with Crippen molar-refractivity contribution in [3.05, 3.63) is 66.5 Å². The van der Waals surface area contributed by atoms with Crippen molar-refractivity contribution >= 4 is 66.7 Å². The molecule has 2 rings (SSSR count). The maximum atomic E-state index is 6.50. The van der Waals surface area contributed by atoms with E-state index in [4.69, 9.17) is 34.8 Å². The Hall–Kier alpha value is 0.270. The number of halogens is 5. The van der Waals surface area contributed by atoms with Crippen molar-refractivity contribution in [2.75, 3.05) is 0 Å². The minimum atomic E-state index is -0.405. The van der Waals surface area contributed by atoms with Gasteiger partial charge >= 0.3 is 0 Å². The minimum Gasteiger partial charge on any atom is -0.112 e. The van der Waals surface area contributed by atoms with E-state index >= 15 is 0 Å². The van der Waals surface area contributed by atoms with E-state index in [0.717, 1.165) is 20.1 Å². The highest BCUT2D eigenvalue weighted by Gasteiger charge is 2.19. The van der Waals surface area contributed by atoms with E-state index in [1.165, 1.54) is 0 Å². The summed E-state index contributed by atoms with van der Waals surface area (Å²) in [7, 11) is 0. The fourth-order valence-electron chi connectivity index (χ4n) is 1.62. The summed E-state index contributed by atoms with van der Waals surface area (Å²) in [6.07, 6.45) is 0. The molecule has 18 heavy (non-hydrogen) atoms. The zero-order valence-electron chi connectivity index (χ0n) is 8.93. The molecule has 0 N–H and O–H groups in total. The molecule has 0 aromatic heterocycles. The van der Waals surface area contributed by atoms with E-state index in [9.17, 15) is 0 Å². The molecule has 0 aliphatic rings. The van der Waals surface area contributed by atoms with Gasteiger partial charge in [0.2, 0.25) is 0 Å². The van der Waals surface area contributed by atoms with Gasteiger partial charge in [0.1, 0.15) is 0 Å². The average Bonchev–Trinajstić information content (AvgIpc) is 2.32. The summed E-state index contributed by atoms with van der Waals surface area (Å²) in [6, 6.07) is 11.2. The first-order valence-corrected chi connectivity index (χ1v) is 7.81. The van der Waals surface area contributed by atoms with E-state index in [1.807, 2.05) is 18.2 Å². The van der Waals surface area contributed by atoms with Crippen LogP contribution in [0.15, 0.2) is 45.3 Å². The highest BCUT2D eigenvalue weighted by Crippen LogP contribution is 2.41. The van der Waals surface area contributed by atoms with Crippen molar-refractivity contribution in [1.29, 1.82) is 0 Å². The van der Waals surface area contributed by atoms with Gasteiger partial charge in [0.25, 0.3) is 0 Å². The van der Waals surface area contributed by atoms with Crippen LogP contribution in [0.25, 0.3) is 0 Å². The van der Waals surface area contributed by atoms with Crippen molar-refractivity contribution in [2.45, 2.75) is 5.38 Å². The van der Waals surface area contributed by atoms with Crippen LogP contribution in [0.1, 0.15) is 16.5 Å². The summed E-state index contributed by atoms with van der Waals surface area (Å²) in [5.41, 5.74) is 1.64. The Balaban J connectivity index is 2.54. The SMILES string of the molecule is Clc1cccc(Cl)c1C(Cl)c1cc(Br)ccc1Br. The van der Waals surface area contributed by atoms with Gasteiger partial charge in [-0.2, -0.15) is 0 Å². The number of benzene rings is 2. The van der Waals surface area contributed by atoms with Gasteiger partial charge in [0, 0.05) is 24.6 Å². The number of alkyl halides is 1. The molecular formula is C13H7Br2Cl3. The lowest BCUT2D eigenvalue weighted by Crippen LogP contribution is -1.97. The normalized spacial score (nSPS) is 12.5. The van der Waals surface area contributed by atoms with E-state index in [-0.39, 0.29) is 0 Å². The first kappa shape index (κ1) is 14.7. The Kier molecular flexibility index (Phi) is 5.01. The van der Waals surface area contributed by atoms with Crippen LogP contribution in [-0.4, -0.2) is 0 Å². The van der Waals surface area contributed by atoms with Gasteiger partial charge in [0.15, 0.2) is 0 Å². The van der Waals surface area contributed by atoms with E-state index in [1.54, 1.807) is 18.2 Å². The summed E-state index contributed by atoms with van der Waals surface area (Å²) in [6.45, 7) is 0. The second kappa shape index (κ2) is 6.15. The quantitative estimate of drug-likeness (QED) is 0.458. The van der Waals surface area contributed by atoms with Crippen LogP contribution < -0.4 is 0 Å². The molecule has 0 saturated heterocycles. The fourth-order valence-corrected chi connectivity index (χ4v) is 3.75. The molecule has 0 amide bonds. The zero-order valence-corrected chi connectivity index (χ0v) is 14.4. The van der Waals surface area contributed by atoms with Gasteiger partial charge in [0.05, 0.1) is 5.38 Å². The summed E-state index contributed by atoms with van der Waals surface area (Å²) in [5.74, 6) is 0. The van der Waals surface area contributed by atoms with E-state index < -0.39 is 5.38 Å². The predicted octanol–water partition coefficient (Wildman–Crippen LogP) is 6.85. The Morgan fingerprint density at radius 2 is 1.56 bits per heavy atom. The van der Waals surface area contributed by atoms with Crippen LogP contribution in [0, 0.1) is 0 Å². The van der Waals surface area contributed by atoms with Gasteiger partial charge in [-0.25, -0.2) is 0 Å². The molecule has 2 aromatic rings. The number of rotatable bonds is 2. The van der Waals surface area contributed by atoms with Crippen LogP contribution in [0.2, 0.25) is 10.0 Å². The van der Waals surface area contributed by atoms with Crippen molar-refractivity contribution in [3.63, 3.8) is 0 Å². The molecular weight excluding hydrogens is 422 g/mol. The number of hydrogen-bond donors (Lipinski definition) is 0. The largest absolute Gasteiger partial charge is 0.112 e. The highest BCUT2D eigenvalue weighted by atomic mass is 79.9. The molecule has 0 spiro atoms. The number of hydrogen-bond acceptors (Lipinski definition) is 0. The lowest BCUT2D eigenvalue weighted by molar-refractivity contribution is 1.13. The van der Waals surface area contributed by atoms with Gasteiger partial charge in [-0.05, 0) is 35.9 Å². The summed E-state index contributed by atoms with van der Waals surface area (Å²) >= 11 is 25.8. The Labute approximate surface area is 137 Å². The Morgan fingerprint density at radius 3 is 2.17 bits per heavy atom.